The standard InChI is InChI=1S/C16H15ClN2O5S2/c1-8(15(23)19-16-9(14(18)22)6-7-25-16)24-13(21)5-2-10(20)11-3-4-12(17)26-11/h3-4,6-8H,2,5H2,1H3,(H2,18,22)(H,19,23)/t8-/m0/s1. The fourth-order valence-electron chi connectivity index (χ4n) is 1.93. The molecule has 0 saturated carbocycles. The van der Waals surface area contributed by atoms with Crippen LogP contribution in [-0.4, -0.2) is 29.7 Å². The number of esters is 1. The van der Waals surface area contributed by atoms with E-state index in [9.17, 15) is 19.2 Å². The van der Waals surface area contributed by atoms with Gasteiger partial charge in [0.05, 0.1) is 21.2 Å². The van der Waals surface area contributed by atoms with Gasteiger partial charge < -0.3 is 15.8 Å². The van der Waals surface area contributed by atoms with Crippen molar-refractivity contribution < 1.29 is 23.9 Å². The van der Waals surface area contributed by atoms with E-state index in [1.165, 1.54) is 13.0 Å². The first kappa shape index (κ1) is 20.1. The molecule has 7 nitrogen and oxygen atoms in total. The second-order valence-corrected chi connectivity index (χ2v) is 7.81. The van der Waals surface area contributed by atoms with Gasteiger partial charge in [0.1, 0.15) is 5.00 Å². The van der Waals surface area contributed by atoms with Crippen molar-refractivity contribution >= 4 is 62.8 Å². The molecule has 1 atom stereocenters. The van der Waals surface area contributed by atoms with Crippen LogP contribution in [0.2, 0.25) is 4.34 Å². The van der Waals surface area contributed by atoms with E-state index in [4.69, 9.17) is 22.1 Å². The summed E-state index contributed by atoms with van der Waals surface area (Å²) in [6.07, 6.45) is -1.28. The van der Waals surface area contributed by atoms with Crippen LogP contribution >= 0.6 is 34.3 Å². The van der Waals surface area contributed by atoms with Gasteiger partial charge in [0.15, 0.2) is 11.9 Å². The van der Waals surface area contributed by atoms with E-state index in [0.717, 1.165) is 22.7 Å². The molecular formula is C16H15ClN2O5S2. The summed E-state index contributed by atoms with van der Waals surface area (Å²) >= 11 is 8.03. The molecule has 0 aliphatic carbocycles. The molecule has 26 heavy (non-hydrogen) atoms. The molecule has 3 N–H and O–H groups in total. The molecule has 0 aromatic carbocycles. The van der Waals surface area contributed by atoms with Crippen molar-refractivity contribution in [3.8, 4) is 0 Å². The first-order valence-electron chi connectivity index (χ1n) is 7.44. The molecule has 2 aromatic rings. The zero-order valence-electron chi connectivity index (χ0n) is 13.6. The van der Waals surface area contributed by atoms with E-state index in [0.29, 0.717) is 9.21 Å². The van der Waals surface area contributed by atoms with Gasteiger partial charge in [-0.15, -0.1) is 22.7 Å². The van der Waals surface area contributed by atoms with E-state index < -0.39 is 23.9 Å². The van der Waals surface area contributed by atoms with Crippen molar-refractivity contribution in [2.24, 2.45) is 5.73 Å². The van der Waals surface area contributed by atoms with Crippen molar-refractivity contribution in [2.75, 3.05) is 5.32 Å². The molecular weight excluding hydrogens is 400 g/mol. The number of rotatable bonds is 8. The minimum atomic E-state index is -1.09. The van der Waals surface area contributed by atoms with Crippen LogP contribution in [0.5, 0.6) is 0 Å². The molecule has 0 radical (unpaired) electrons. The van der Waals surface area contributed by atoms with Crippen LogP contribution in [0.15, 0.2) is 23.6 Å². The van der Waals surface area contributed by atoms with E-state index >= 15 is 0 Å². The second kappa shape index (κ2) is 8.93. The average molecular weight is 415 g/mol. The Morgan fingerprint density at radius 3 is 2.58 bits per heavy atom. The Labute approximate surface area is 162 Å². The predicted octanol–water partition coefficient (Wildman–Crippen LogP) is 3.10. The average Bonchev–Trinajstić information content (AvgIpc) is 3.21. The third-order valence-electron chi connectivity index (χ3n) is 3.25. The molecule has 2 rings (SSSR count). The van der Waals surface area contributed by atoms with Crippen molar-refractivity contribution in [3.63, 3.8) is 0 Å². The number of ether oxygens (including phenoxy) is 1. The smallest absolute Gasteiger partial charge is 0.307 e. The van der Waals surface area contributed by atoms with Gasteiger partial charge >= 0.3 is 5.97 Å². The molecule has 0 aliphatic rings. The second-order valence-electron chi connectivity index (χ2n) is 5.18. The number of ketones is 1. The maximum absolute atomic E-state index is 12.1. The van der Waals surface area contributed by atoms with E-state index in [1.54, 1.807) is 17.5 Å². The molecule has 2 amide bonds. The highest BCUT2D eigenvalue weighted by Gasteiger charge is 2.21. The Bertz CT molecular complexity index is 845. The molecule has 10 heteroatoms. The summed E-state index contributed by atoms with van der Waals surface area (Å²) < 4.78 is 5.51. The third-order valence-corrected chi connectivity index (χ3v) is 5.35. The predicted molar refractivity (Wildman–Crippen MR) is 99.9 cm³/mol. The monoisotopic (exact) mass is 414 g/mol. The number of hydrogen-bond donors (Lipinski definition) is 2. The van der Waals surface area contributed by atoms with Crippen molar-refractivity contribution in [2.45, 2.75) is 25.9 Å². The lowest BCUT2D eigenvalue weighted by Gasteiger charge is -2.13. The largest absolute Gasteiger partial charge is 0.453 e. The number of primary amides is 1. The van der Waals surface area contributed by atoms with Crippen LogP contribution < -0.4 is 11.1 Å². The molecule has 0 bridgehead atoms. The van der Waals surface area contributed by atoms with Gasteiger partial charge in [0.2, 0.25) is 0 Å². The molecule has 0 unspecified atom stereocenters. The van der Waals surface area contributed by atoms with Gasteiger partial charge in [-0.25, -0.2) is 0 Å². The molecule has 138 valence electrons. The lowest BCUT2D eigenvalue weighted by atomic mass is 10.2. The van der Waals surface area contributed by atoms with Gasteiger partial charge in [-0.2, -0.15) is 0 Å². The lowest BCUT2D eigenvalue weighted by Crippen LogP contribution is -2.30. The lowest BCUT2D eigenvalue weighted by molar-refractivity contribution is -0.153. The van der Waals surface area contributed by atoms with Crippen LogP contribution in [0.4, 0.5) is 5.00 Å². The van der Waals surface area contributed by atoms with Gasteiger partial charge in [0, 0.05) is 6.42 Å². The number of anilines is 1. The van der Waals surface area contributed by atoms with E-state index in [2.05, 4.69) is 5.32 Å². The van der Waals surface area contributed by atoms with E-state index in [1.807, 2.05) is 0 Å². The number of thiophene rings is 2. The van der Waals surface area contributed by atoms with Crippen LogP contribution in [0.1, 0.15) is 39.8 Å². The zero-order valence-corrected chi connectivity index (χ0v) is 16.0. The van der Waals surface area contributed by atoms with Crippen molar-refractivity contribution in [3.05, 3.63) is 38.4 Å². The van der Waals surface area contributed by atoms with Gasteiger partial charge in [-0.1, -0.05) is 11.6 Å². The Balaban J connectivity index is 1.82. The summed E-state index contributed by atoms with van der Waals surface area (Å²) in [5, 5.41) is 4.39. The summed E-state index contributed by atoms with van der Waals surface area (Å²) in [7, 11) is 0. The number of nitrogens with one attached hydrogen (secondary N) is 1. The van der Waals surface area contributed by atoms with Crippen LogP contribution in [0.25, 0.3) is 0 Å². The Morgan fingerprint density at radius 2 is 1.96 bits per heavy atom. The summed E-state index contributed by atoms with van der Waals surface area (Å²) in [5.74, 6) is -2.16. The number of carbonyl (C=O) groups excluding carboxylic acids is 4. The highest BCUT2D eigenvalue weighted by atomic mass is 35.5. The Morgan fingerprint density at radius 1 is 1.23 bits per heavy atom. The number of hydrogen-bond acceptors (Lipinski definition) is 7. The Kier molecular flexibility index (Phi) is 6.90. The molecule has 0 spiro atoms. The minimum Gasteiger partial charge on any atom is -0.453 e. The normalized spacial score (nSPS) is 11.6. The maximum Gasteiger partial charge on any atom is 0.307 e. The van der Waals surface area contributed by atoms with E-state index in [-0.39, 0.29) is 29.2 Å². The zero-order chi connectivity index (χ0) is 19.3. The molecule has 0 saturated heterocycles. The third kappa shape index (κ3) is 5.38. The maximum atomic E-state index is 12.1. The van der Waals surface area contributed by atoms with Gasteiger partial charge in [-0.3, -0.25) is 19.2 Å². The van der Waals surface area contributed by atoms with Crippen molar-refractivity contribution in [1.82, 2.24) is 0 Å². The summed E-state index contributed by atoms with van der Waals surface area (Å²) in [4.78, 5) is 47.5. The molecule has 0 aliphatic heterocycles. The van der Waals surface area contributed by atoms with Crippen LogP contribution in [0.3, 0.4) is 0 Å². The summed E-state index contributed by atoms with van der Waals surface area (Å²) in [5.41, 5.74) is 5.38. The summed E-state index contributed by atoms with van der Waals surface area (Å²) in [6.45, 7) is 1.39. The summed E-state index contributed by atoms with van der Waals surface area (Å²) in [6, 6.07) is 4.69. The quantitative estimate of drug-likeness (QED) is 0.508. The first-order valence-corrected chi connectivity index (χ1v) is 9.51. The highest BCUT2D eigenvalue weighted by Crippen LogP contribution is 2.24. The van der Waals surface area contributed by atoms with Gasteiger partial charge in [-0.05, 0) is 30.5 Å². The molecule has 2 aromatic heterocycles. The number of Topliss-reactive ketones (excluding diaryl/α,β-unsaturated/α-hetero) is 1. The number of amides is 2. The molecule has 0 fully saturated rings. The van der Waals surface area contributed by atoms with Crippen LogP contribution in [0, 0.1) is 0 Å². The minimum absolute atomic E-state index is 0.0409. The number of halogens is 1. The topological polar surface area (TPSA) is 116 Å². The molecule has 2 heterocycles. The van der Waals surface area contributed by atoms with Crippen LogP contribution in [-0.2, 0) is 14.3 Å². The van der Waals surface area contributed by atoms with Crippen molar-refractivity contribution in [1.29, 1.82) is 0 Å². The Hall–Kier alpha value is -2.23. The van der Waals surface area contributed by atoms with Gasteiger partial charge in [0.25, 0.3) is 11.8 Å². The fraction of sp³-hybridized carbons (Fsp3) is 0.250. The first-order chi connectivity index (χ1) is 12.3. The SMILES string of the molecule is C[C@H](OC(=O)CCC(=O)c1ccc(Cl)s1)C(=O)Nc1sccc1C(N)=O. The fourth-order valence-corrected chi connectivity index (χ4v) is 3.73. The number of nitrogens with two attached hydrogens (primary N) is 1. The highest BCUT2D eigenvalue weighted by molar-refractivity contribution is 7.18. The number of carbonyl (C=O) groups is 4.